The summed E-state index contributed by atoms with van der Waals surface area (Å²) >= 11 is 0. The smallest absolute Gasteiger partial charge is 0.325 e. The van der Waals surface area contributed by atoms with Gasteiger partial charge in [-0.3, -0.25) is 4.79 Å². The number of likely N-dealkylation sites (tertiary alicyclic amines) is 1. The first-order valence-electron chi connectivity index (χ1n) is 12.7. The monoisotopic (exact) mass is 477 g/mol. The van der Waals surface area contributed by atoms with Gasteiger partial charge in [-0.1, -0.05) is 25.1 Å². The van der Waals surface area contributed by atoms with E-state index in [2.05, 4.69) is 35.3 Å². The third-order valence-corrected chi connectivity index (χ3v) is 7.34. The van der Waals surface area contributed by atoms with Crippen LogP contribution in [0.15, 0.2) is 30.3 Å². The van der Waals surface area contributed by atoms with Gasteiger partial charge in [-0.05, 0) is 62.2 Å². The number of carbonyl (C=O) groups excluding carboxylic acids is 1. The average molecular weight is 478 g/mol. The predicted molar refractivity (Wildman–Crippen MR) is 139 cm³/mol. The van der Waals surface area contributed by atoms with Gasteiger partial charge in [0.1, 0.15) is 6.54 Å². The summed E-state index contributed by atoms with van der Waals surface area (Å²) in [7, 11) is 3.05. The Balaban J connectivity index is 1.51. The summed E-state index contributed by atoms with van der Waals surface area (Å²) in [6.45, 7) is 6.43. The molecule has 1 saturated carbocycles. The van der Waals surface area contributed by atoms with Crippen LogP contribution in [-0.2, 0) is 9.53 Å². The number of anilines is 1. The molecule has 1 unspecified atom stereocenters. The van der Waals surface area contributed by atoms with E-state index in [1.54, 1.807) is 7.11 Å². The van der Waals surface area contributed by atoms with Crippen LogP contribution in [-0.4, -0.2) is 62.9 Å². The minimum absolute atomic E-state index is 0.0752. The van der Waals surface area contributed by atoms with Crippen molar-refractivity contribution in [1.29, 1.82) is 0 Å². The van der Waals surface area contributed by atoms with E-state index < -0.39 is 0 Å². The van der Waals surface area contributed by atoms with Crippen LogP contribution in [0, 0.1) is 5.92 Å². The minimum atomic E-state index is -0.319. The van der Waals surface area contributed by atoms with Gasteiger partial charge in [-0.25, -0.2) is 4.98 Å². The molecular formula is C28H35N3O4. The number of pyridine rings is 1. The number of para-hydroxylation sites is 1. The van der Waals surface area contributed by atoms with E-state index in [4.69, 9.17) is 19.2 Å². The van der Waals surface area contributed by atoms with Gasteiger partial charge >= 0.3 is 5.97 Å². The highest BCUT2D eigenvalue weighted by molar-refractivity contribution is 6.09. The second-order valence-corrected chi connectivity index (χ2v) is 9.75. The number of fused-ring (bicyclic) bond motifs is 2. The number of benzene rings is 2. The fraction of sp³-hybridized carbons (Fsp3) is 0.500. The first-order valence-corrected chi connectivity index (χ1v) is 12.7. The molecule has 0 amide bonds. The van der Waals surface area contributed by atoms with Gasteiger partial charge in [-0.2, -0.15) is 0 Å². The Hall–Kier alpha value is -3.06. The van der Waals surface area contributed by atoms with Crippen molar-refractivity contribution in [3.63, 3.8) is 0 Å². The lowest BCUT2D eigenvalue weighted by Gasteiger charge is -2.18. The van der Waals surface area contributed by atoms with E-state index in [9.17, 15) is 4.79 Å². The van der Waals surface area contributed by atoms with Crippen LogP contribution in [0.4, 0.5) is 5.69 Å². The van der Waals surface area contributed by atoms with Crippen LogP contribution in [0.3, 0.4) is 0 Å². The van der Waals surface area contributed by atoms with E-state index in [1.165, 1.54) is 45.0 Å². The molecule has 186 valence electrons. The quantitative estimate of drug-likeness (QED) is 0.251. The highest BCUT2D eigenvalue weighted by Crippen LogP contribution is 2.50. The summed E-state index contributed by atoms with van der Waals surface area (Å²) in [5.74, 6) is 2.23. The minimum Gasteiger partial charge on any atom is -0.493 e. The molecule has 7 nitrogen and oxygen atoms in total. The highest BCUT2D eigenvalue weighted by atomic mass is 16.5. The zero-order valence-corrected chi connectivity index (χ0v) is 20.9. The van der Waals surface area contributed by atoms with Crippen molar-refractivity contribution < 1.29 is 19.0 Å². The van der Waals surface area contributed by atoms with Crippen molar-refractivity contribution in [1.82, 2.24) is 9.88 Å². The first kappa shape index (κ1) is 23.7. The molecule has 2 aliphatic rings. The number of methoxy groups -OCH3 is 2. The Kier molecular flexibility index (Phi) is 6.95. The highest BCUT2D eigenvalue weighted by Gasteiger charge is 2.35. The molecule has 3 aromatic rings. The molecule has 0 radical (unpaired) electrons. The van der Waals surface area contributed by atoms with Gasteiger partial charge in [0, 0.05) is 23.4 Å². The molecule has 0 spiro atoms. The Morgan fingerprint density at radius 2 is 1.94 bits per heavy atom. The van der Waals surface area contributed by atoms with Crippen molar-refractivity contribution in [2.45, 2.75) is 38.5 Å². The van der Waals surface area contributed by atoms with Crippen LogP contribution in [0.25, 0.3) is 21.8 Å². The molecule has 1 aromatic heterocycles. The molecule has 2 heterocycles. The third-order valence-electron chi connectivity index (χ3n) is 7.34. The summed E-state index contributed by atoms with van der Waals surface area (Å²) < 4.78 is 16.8. The molecule has 1 N–H and O–H groups in total. The van der Waals surface area contributed by atoms with Gasteiger partial charge in [0.05, 0.1) is 37.5 Å². The predicted octanol–water partition coefficient (Wildman–Crippen LogP) is 4.97. The molecule has 5 rings (SSSR count). The second kappa shape index (κ2) is 10.3. The van der Waals surface area contributed by atoms with Crippen LogP contribution in [0.2, 0.25) is 0 Å². The largest absolute Gasteiger partial charge is 0.493 e. The SMILES string of the molecule is COC(=O)CNc1c2cc(OC)c(OCCCN3CCCC3)cc2nc2c(C3C[C@@H]3C)cccc12. The van der Waals surface area contributed by atoms with Gasteiger partial charge in [-0.15, -0.1) is 0 Å². The summed E-state index contributed by atoms with van der Waals surface area (Å²) in [5.41, 5.74) is 3.93. The lowest BCUT2D eigenvalue weighted by atomic mass is 10.0. The normalized spacial score (nSPS) is 19.7. The number of rotatable bonds is 10. The number of hydrogen-bond donors (Lipinski definition) is 1. The Morgan fingerprint density at radius 3 is 2.66 bits per heavy atom. The van der Waals surface area contributed by atoms with Crippen LogP contribution < -0.4 is 14.8 Å². The number of carbonyl (C=O) groups is 1. The van der Waals surface area contributed by atoms with E-state index in [0.717, 1.165) is 40.5 Å². The van der Waals surface area contributed by atoms with Crippen molar-refractivity contribution in [3.05, 3.63) is 35.9 Å². The van der Waals surface area contributed by atoms with Crippen molar-refractivity contribution in [3.8, 4) is 11.5 Å². The lowest BCUT2D eigenvalue weighted by molar-refractivity contribution is -0.138. The number of ether oxygens (including phenoxy) is 3. The summed E-state index contributed by atoms with van der Waals surface area (Å²) in [4.78, 5) is 19.6. The maximum Gasteiger partial charge on any atom is 0.325 e. The maximum absolute atomic E-state index is 12.0. The topological polar surface area (TPSA) is 72.9 Å². The Bertz CT molecular complexity index is 1220. The van der Waals surface area contributed by atoms with E-state index in [-0.39, 0.29) is 12.5 Å². The molecule has 1 aliphatic carbocycles. The Labute approximate surface area is 206 Å². The van der Waals surface area contributed by atoms with Gasteiger partial charge in [0.2, 0.25) is 0 Å². The summed E-state index contributed by atoms with van der Waals surface area (Å²) in [6, 6.07) is 10.3. The van der Waals surface area contributed by atoms with E-state index in [1.807, 2.05) is 12.1 Å². The summed E-state index contributed by atoms with van der Waals surface area (Å²) in [6.07, 6.45) is 4.75. The zero-order valence-electron chi connectivity index (χ0n) is 20.9. The Morgan fingerprint density at radius 1 is 1.14 bits per heavy atom. The number of nitrogens with one attached hydrogen (secondary N) is 1. The van der Waals surface area contributed by atoms with Gasteiger partial charge in [0.25, 0.3) is 0 Å². The molecule has 1 saturated heterocycles. The third kappa shape index (κ3) is 5.01. The van der Waals surface area contributed by atoms with Gasteiger partial charge in [0.15, 0.2) is 11.5 Å². The van der Waals surface area contributed by atoms with E-state index in [0.29, 0.717) is 29.9 Å². The molecular weight excluding hydrogens is 442 g/mol. The molecule has 1 aliphatic heterocycles. The molecule has 0 bridgehead atoms. The van der Waals surface area contributed by atoms with Crippen molar-refractivity contribution in [2.75, 3.05) is 52.3 Å². The van der Waals surface area contributed by atoms with Crippen LogP contribution in [0.1, 0.15) is 44.1 Å². The molecule has 2 fully saturated rings. The maximum atomic E-state index is 12.0. The molecule has 2 aromatic carbocycles. The molecule has 35 heavy (non-hydrogen) atoms. The molecule has 2 atom stereocenters. The summed E-state index contributed by atoms with van der Waals surface area (Å²) in [5, 5.41) is 5.21. The fourth-order valence-corrected chi connectivity index (χ4v) is 5.22. The lowest BCUT2D eigenvalue weighted by Crippen LogP contribution is -2.21. The first-order chi connectivity index (χ1) is 17.1. The van der Waals surface area contributed by atoms with Crippen molar-refractivity contribution >= 4 is 33.5 Å². The number of hydrogen-bond acceptors (Lipinski definition) is 7. The van der Waals surface area contributed by atoms with E-state index >= 15 is 0 Å². The molecule has 7 heteroatoms. The fourth-order valence-electron chi connectivity index (χ4n) is 5.22. The van der Waals surface area contributed by atoms with Crippen LogP contribution in [0.5, 0.6) is 11.5 Å². The number of esters is 1. The number of nitrogens with zero attached hydrogens (tertiary/aromatic N) is 2. The standard InChI is InChI=1S/C28H35N3O4/c1-18-14-21(18)19-8-6-9-20-27(29-17-26(32)34-3)22-15-24(33-2)25(16-23(22)30-28(19)20)35-13-7-12-31-10-4-5-11-31/h6,8-9,15-16,18,21H,4-5,7,10-14,17H2,1-3H3,(H,29,30)/t18-,21?/m0/s1. The van der Waals surface area contributed by atoms with Gasteiger partial charge < -0.3 is 24.4 Å². The number of aromatic nitrogens is 1. The van der Waals surface area contributed by atoms with Crippen LogP contribution >= 0.6 is 0 Å². The zero-order chi connectivity index (χ0) is 24.4. The second-order valence-electron chi connectivity index (χ2n) is 9.75. The van der Waals surface area contributed by atoms with Crippen molar-refractivity contribution in [2.24, 2.45) is 5.92 Å². The average Bonchev–Trinajstić information content (AvgIpc) is 3.36.